The second-order valence-electron chi connectivity index (χ2n) is 6.98. The maximum Gasteiger partial charge on any atom is 0.349 e. The molecule has 1 aliphatic rings. The van der Waals surface area contributed by atoms with Crippen LogP contribution in [0.5, 0.6) is 11.6 Å². The summed E-state index contributed by atoms with van der Waals surface area (Å²) < 4.78 is 6.46. The van der Waals surface area contributed by atoms with E-state index in [1.807, 2.05) is 11.9 Å². The van der Waals surface area contributed by atoms with E-state index in [1.165, 1.54) is 12.1 Å². The van der Waals surface area contributed by atoms with Gasteiger partial charge < -0.3 is 4.74 Å². The maximum absolute atomic E-state index is 12.1. The SMILES string of the molecule is CC1(c2cc(Oc3c(Cl)cc(-n4nc(C#N)c(=O)[nH]c4=O)cc3Cl)n[nH]c2=O)CC1. The van der Waals surface area contributed by atoms with Gasteiger partial charge in [-0.3, -0.25) is 14.6 Å². The molecule has 4 rings (SSSR count). The van der Waals surface area contributed by atoms with Crippen LogP contribution in [-0.2, 0) is 5.41 Å². The van der Waals surface area contributed by atoms with Gasteiger partial charge >= 0.3 is 5.69 Å². The van der Waals surface area contributed by atoms with E-state index < -0.39 is 16.9 Å². The van der Waals surface area contributed by atoms with Crippen molar-refractivity contribution in [2.24, 2.45) is 0 Å². The van der Waals surface area contributed by atoms with E-state index in [-0.39, 0.29) is 38.3 Å². The standard InChI is InChI=1S/C18H12Cl2N6O4/c1-18(2-3-18)9-6-13(23-24-15(9)27)30-14-10(19)4-8(5-11(14)20)26-17(29)22-16(28)12(7-21)25-26/h4-6H,2-3H2,1H3,(H,24,27)(H,22,28,29). The molecule has 0 aliphatic heterocycles. The molecule has 1 saturated carbocycles. The number of H-pyrrole nitrogens is 2. The highest BCUT2D eigenvalue weighted by Gasteiger charge is 2.41. The van der Waals surface area contributed by atoms with Gasteiger partial charge in [0.05, 0.1) is 15.7 Å². The first-order chi connectivity index (χ1) is 14.2. The summed E-state index contributed by atoms with van der Waals surface area (Å²) in [5, 5.41) is 18.9. The second kappa shape index (κ2) is 7.12. The summed E-state index contributed by atoms with van der Waals surface area (Å²) in [6.45, 7) is 1.97. The highest BCUT2D eigenvalue weighted by atomic mass is 35.5. The Kier molecular flexibility index (Phi) is 4.72. The van der Waals surface area contributed by atoms with Gasteiger partial charge in [0.1, 0.15) is 6.07 Å². The molecule has 1 aromatic carbocycles. The fraction of sp³-hybridized carbons (Fsp3) is 0.222. The Hall–Kier alpha value is -3.42. The fourth-order valence-corrected chi connectivity index (χ4v) is 3.42. The number of nitrogens with zero attached hydrogens (tertiary/aromatic N) is 4. The molecular weight excluding hydrogens is 435 g/mol. The quantitative estimate of drug-likeness (QED) is 0.622. The van der Waals surface area contributed by atoms with Crippen LogP contribution in [0.1, 0.15) is 31.0 Å². The van der Waals surface area contributed by atoms with Crippen LogP contribution in [0.15, 0.2) is 32.6 Å². The smallest absolute Gasteiger partial charge is 0.349 e. The van der Waals surface area contributed by atoms with Crippen LogP contribution in [0.25, 0.3) is 5.69 Å². The van der Waals surface area contributed by atoms with Gasteiger partial charge in [-0.15, -0.1) is 10.2 Å². The minimum atomic E-state index is -0.903. The summed E-state index contributed by atoms with van der Waals surface area (Å²) in [7, 11) is 0. The van der Waals surface area contributed by atoms with Crippen LogP contribution >= 0.6 is 23.2 Å². The average molecular weight is 447 g/mol. The molecule has 10 nitrogen and oxygen atoms in total. The topological polar surface area (TPSA) is 147 Å². The highest BCUT2D eigenvalue weighted by molar-refractivity contribution is 6.37. The lowest BCUT2D eigenvalue weighted by atomic mass is 10.0. The molecule has 0 amide bonds. The Labute approximate surface area is 177 Å². The third kappa shape index (κ3) is 3.49. The van der Waals surface area contributed by atoms with Crippen LogP contribution in [0, 0.1) is 11.3 Å². The van der Waals surface area contributed by atoms with Crippen molar-refractivity contribution in [3.05, 3.63) is 70.7 Å². The third-order valence-corrected chi connectivity index (χ3v) is 5.36. The van der Waals surface area contributed by atoms with Crippen molar-refractivity contribution >= 4 is 23.2 Å². The van der Waals surface area contributed by atoms with E-state index in [4.69, 9.17) is 33.2 Å². The minimum absolute atomic E-state index is 0.0168. The molecule has 2 aromatic heterocycles. The summed E-state index contributed by atoms with van der Waals surface area (Å²) in [4.78, 5) is 37.6. The van der Waals surface area contributed by atoms with Gasteiger partial charge in [-0.25, -0.2) is 9.89 Å². The first-order valence-corrected chi connectivity index (χ1v) is 9.39. The summed E-state index contributed by atoms with van der Waals surface area (Å²) in [6, 6.07) is 5.78. The molecule has 1 fully saturated rings. The van der Waals surface area contributed by atoms with Crippen molar-refractivity contribution in [1.82, 2.24) is 25.0 Å². The summed E-state index contributed by atoms with van der Waals surface area (Å²) in [6.07, 6.45) is 1.78. The molecular formula is C18H12Cl2N6O4. The van der Waals surface area contributed by atoms with Gasteiger partial charge in [-0.1, -0.05) is 30.1 Å². The number of halogens is 2. The average Bonchev–Trinajstić information content (AvgIpc) is 3.44. The van der Waals surface area contributed by atoms with Crippen molar-refractivity contribution in [3.63, 3.8) is 0 Å². The number of aromatic amines is 2. The Balaban J connectivity index is 1.73. The Morgan fingerprint density at radius 2 is 1.83 bits per heavy atom. The molecule has 2 heterocycles. The summed E-state index contributed by atoms with van der Waals surface area (Å²) in [5.74, 6) is 0.145. The van der Waals surface area contributed by atoms with Gasteiger partial charge in [-0.05, 0) is 30.4 Å². The van der Waals surface area contributed by atoms with Crippen molar-refractivity contribution in [3.8, 4) is 23.4 Å². The largest absolute Gasteiger partial charge is 0.434 e. The van der Waals surface area contributed by atoms with Crippen LogP contribution in [0.3, 0.4) is 0 Å². The number of nitrogens with one attached hydrogen (secondary N) is 2. The Bertz CT molecular complexity index is 1370. The molecule has 12 heteroatoms. The lowest BCUT2D eigenvalue weighted by molar-refractivity contribution is 0.452. The number of hydrogen-bond acceptors (Lipinski definition) is 7. The molecule has 0 atom stereocenters. The molecule has 0 saturated heterocycles. The van der Waals surface area contributed by atoms with E-state index in [9.17, 15) is 14.4 Å². The van der Waals surface area contributed by atoms with E-state index in [1.54, 1.807) is 12.1 Å². The predicted octanol–water partition coefficient (Wildman–Crippen LogP) is 2.03. The zero-order chi connectivity index (χ0) is 21.6. The number of aromatic nitrogens is 5. The van der Waals surface area contributed by atoms with Crippen molar-refractivity contribution in [1.29, 1.82) is 5.26 Å². The normalized spacial score (nSPS) is 14.2. The highest BCUT2D eigenvalue weighted by Crippen LogP contribution is 2.47. The molecule has 2 N–H and O–H groups in total. The Morgan fingerprint density at radius 3 is 2.43 bits per heavy atom. The fourth-order valence-electron chi connectivity index (χ4n) is 2.86. The summed E-state index contributed by atoms with van der Waals surface area (Å²) >= 11 is 12.6. The van der Waals surface area contributed by atoms with Crippen molar-refractivity contribution in [2.45, 2.75) is 25.2 Å². The molecule has 30 heavy (non-hydrogen) atoms. The third-order valence-electron chi connectivity index (χ3n) is 4.80. The first kappa shape index (κ1) is 19.9. The van der Waals surface area contributed by atoms with Gasteiger partial charge in [0.25, 0.3) is 11.1 Å². The zero-order valence-electron chi connectivity index (χ0n) is 15.3. The molecule has 3 aromatic rings. The van der Waals surface area contributed by atoms with E-state index in [0.717, 1.165) is 17.5 Å². The van der Waals surface area contributed by atoms with Gasteiger partial charge in [0.15, 0.2) is 5.75 Å². The van der Waals surface area contributed by atoms with Crippen LogP contribution in [0.4, 0.5) is 0 Å². The molecule has 0 spiro atoms. The molecule has 1 aliphatic carbocycles. The van der Waals surface area contributed by atoms with Crippen LogP contribution in [0.2, 0.25) is 10.0 Å². The number of ether oxygens (including phenoxy) is 1. The number of nitriles is 1. The Morgan fingerprint density at radius 1 is 1.17 bits per heavy atom. The minimum Gasteiger partial charge on any atom is -0.434 e. The number of rotatable bonds is 4. The van der Waals surface area contributed by atoms with E-state index in [2.05, 4.69) is 15.3 Å². The van der Waals surface area contributed by atoms with Gasteiger partial charge in [-0.2, -0.15) is 9.94 Å². The maximum atomic E-state index is 12.1. The monoisotopic (exact) mass is 446 g/mol. The molecule has 152 valence electrons. The predicted molar refractivity (Wildman–Crippen MR) is 107 cm³/mol. The zero-order valence-corrected chi connectivity index (χ0v) is 16.8. The summed E-state index contributed by atoms with van der Waals surface area (Å²) in [5.41, 5.74) is -2.10. The van der Waals surface area contributed by atoms with Gasteiger partial charge in [0, 0.05) is 11.6 Å². The van der Waals surface area contributed by atoms with Crippen molar-refractivity contribution in [2.75, 3.05) is 0 Å². The van der Waals surface area contributed by atoms with E-state index >= 15 is 0 Å². The molecule has 0 radical (unpaired) electrons. The van der Waals surface area contributed by atoms with Crippen molar-refractivity contribution < 1.29 is 4.74 Å². The second-order valence-corrected chi connectivity index (χ2v) is 7.80. The number of benzene rings is 1. The van der Waals surface area contributed by atoms with Crippen LogP contribution in [-0.4, -0.2) is 25.0 Å². The van der Waals surface area contributed by atoms with E-state index in [0.29, 0.717) is 5.56 Å². The molecule has 0 unspecified atom stereocenters. The first-order valence-electron chi connectivity index (χ1n) is 8.63. The number of hydrogen-bond donors (Lipinski definition) is 2. The van der Waals surface area contributed by atoms with Gasteiger partial charge in [0.2, 0.25) is 11.6 Å². The lowest BCUT2D eigenvalue weighted by Crippen LogP contribution is -2.33. The lowest BCUT2D eigenvalue weighted by Gasteiger charge is -2.13. The molecule has 0 bridgehead atoms. The van der Waals surface area contributed by atoms with Crippen LogP contribution < -0.4 is 21.5 Å².